The molecule has 1 aromatic rings. The molecule has 0 spiro atoms. The van der Waals surface area contributed by atoms with Crippen molar-refractivity contribution >= 4 is 0 Å². The Balaban J connectivity index is 2.50. The molecule has 1 N–H and O–H groups in total. The Hall–Kier alpha value is -1.02. The maximum Gasteiger partial charge on any atom is 0.122 e. The average molecular weight is 263 g/mol. The number of hydrogen-bond acceptors (Lipinski definition) is 2. The van der Waals surface area contributed by atoms with E-state index in [1.54, 1.807) is 0 Å². The van der Waals surface area contributed by atoms with E-state index in [1.807, 2.05) is 7.05 Å². The lowest BCUT2D eigenvalue weighted by atomic mass is 10.0. The second-order valence-electron chi connectivity index (χ2n) is 5.58. The minimum Gasteiger partial charge on any atom is -0.493 e. The molecular formula is C17H29NO. The first-order valence-electron chi connectivity index (χ1n) is 7.49. The molecule has 2 nitrogen and oxygen atoms in total. The maximum absolute atomic E-state index is 5.99. The molecular weight excluding hydrogens is 234 g/mol. The molecule has 0 amide bonds. The minimum atomic E-state index is 0.510. The molecule has 1 unspecified atom stereocenters. The highest BCUT2D eigenvalue weighted by Crippen LogP contribution is 2.27. The van der Waals surface area contributed by atoms with Gasteiger partial charge in [-0.25, -0.2) is 0 Å². The third-order valence-electron chi connectivity index (χ3n) is 3.65. The number of ether oxygens (including phenoxy) is 1. The van der Waals surface area contributed by atoms with Crippen molar-refractivity contribution in [2.24, 2.45) is 0 Å². The minimum absolute atomic E-state index is 0.510. The van der Waals surface area contributed by atoms with E-state index in [2.05, 4.69) is 51.2 Å². The molecule has 0 aliphatic heterocycles. The molecule has 0 saturated carbocycles. The summed E-state index contributed by atoms with van der Waals surface area (Å²) in [5, 5.41) is 3.33. The zero-order chi connectivity index (χ0) is 14.3. The zero-order valence-corrected chi connectivity index (χ0v) is 13.1. The quantitative estimate of drug-likeness (QED) is 0.707. The fourth-order valence-electron chi connectivity index (χ4n) is 2.31. The van der Waals surface area contributed by atoms with Crippen molar-refractivity contribution in [2.75, 3.05) is 13.7 Å². The van der Waals surface area contributed by atoms with Crippen LogP contribution in [-0.2, 0) is 0 Å². The normalized spacial score (nSPS) is 12.7. The highest BCUT2D eigenvalue weighted by Gasteiger charge is 2.08. The van der Waals surface area contributed by atoms with Gasteiger partial charge < -0.3 is 10.1 Å². The van der Waals surface area contributed by atoms with Crippen LogP contribution in [-0.4, -0.2) is 19.7 Å². The lowest BCUT2D eigenvalue weighted by Gasteiger charge is -2.16. The van der Waals surface area contributed by atoms with E-state index in [4.69, 9.17) is 4.74 Å². The van der Waals surface area contributed by atoms with Crippen LogP contribution in [0.15, 0.2) is 18.2 Å². The highest BCUT2D eigenvalue weighted by atomic mass is 16.5. The Morgan fingerprint density at radius 2 is 2.00 bits per heavy atom. The standard InChI is InChI=1S/C17H29NO/c1-6-15(18-5)8-7-11-19-17-12-14(4)9-10-16(17)13(2)3/h9-10,12-13,15,18H,6-8,11H2,1-5H3. The first-order chi connectivity index (χ1) is 9.08. The van der Waals surface area contributed by atoms with Crippen molar-refractivity contribution in [1.29, 1.82) is 0 Å². The summed E-state index contributed by atoms with van der Waals surface area (Å²) in [6.07, 6.45) is 3.46. The number of aryl methyl sites for hydroxylation is 1. The van der Waals surface area contributed by atoms with Gasteiger partial charge in [-0.2, -0.15) is 0 Å². The van der Waals surface area contributed by atoms with Gasteiger partial charge in [0.25, 0.3) is 0 Å². The van der Waals surface area contributed by atoms with Gasteiger partial charge in [-0.1, -0.05) is 32.9 Å². The second kappa shape index (κ2) is 8.21. The Morgan fingerprint density at radius 1 is 1.26 bits per heavy atom. The first kappa shape index (κ1) is 16.0. The van der Waals surface area contributed by atoms with E-state index >= 15 is 0 Å². The van der Waals surface area contributed by atoms with Crippen LogP contribution in [0, 0.1) is 6.92 Å². The van der Waals surface area contributed by atoms with Crippen LogP contribution in [0.3, 0.4) is 0 Å². The van der Waals surface area contributed by atoms with E-state index in [0.717, 1.165) is 18.8 Å². The van der Waals surface area contributed by atoms with Gasteiger partial charge in [0.2, 0.25) is 0 Å². The van der Waals surface area contributed by atoms with Crippen LogP contribution in [0.1, 0.15) is 57.1 Å². The molecule has 0 saturated heterocycles. The van der Waals surface area contributed by atoms with Crippen LogP contribution >= 0.6 is 0 Å². The predicted octanol–water partition coefficient (Wildman–Crippen LogP) is 4.28. The largest absolute Gasteiger partial charge is 0.493 e. The topological polar surface area (TPSA) is 21.3 Å². The van der Waals surface area contributed by atoms with Gasteiger partial charge in [-0.15, -0.1) is 0 Å². The summed E-state index contributed by atoms with van der Waals surface area (Å²) in [5.41, 5.74) is 2.58. The van der Waals surface area contributed by atoms with Crippen molar-refractivity contribution in [1.82, 2.24) is 5.32 Å². The molecule has 1 aromatic carbocycles. The van der Waals surface area contributed by atoms with Crippen molar-refractivity contribution < 1.29 is 4.74 Å². The summed E-state index contributed by atoms with van der Waals surface area (Å²) in [6, 6.07) is 7.13. The predicted molar refractivity (Wildman–Crippen MR) is 83.1 cm³/mol. The Labute approximate surface area is 118 Å². The third kappa shape index (κ3) is 5.23. The van der Waals surface area contributed by atoms with Gasteiger partial charge in [0.1, 0.15) is 5.75 Å². The molecule has 1 rings (SSSR count). The summed E-state index contributed by atoms with van der Waals surface area (Å²) < 4.78 is 5.99. The Bertz CT molecular complexity index is 370. The lowest BCUT2D eigenvalue weighted by Crippen LogP contribution is -2.24. The molecule has 2 heteroatoms. The fraction of sp³-hybridized carbons (Fsp3) is 0.647. The molecule has 0 fully saturated rings. The molecule has 0 heterocycles. The molecule has 0 aromatic heterocycles. The van der Waals surface area contributed by atoms with Crippen molar-refractivity contribution in [3.8, 4) is 5.75 Å². The molecule has 1 atom stereocenters. The first-order valence-corrected chi connectivity index (χ1v) is 7.49. The Kier molecular flexibility index (Phi) is 6.93. The van der Waals surface area contributed by atoms with Crippen molar-refractivity contribution in [3.05, 3.63) is 29.3 Å². The van der Waals surface area contributed by atoms with Crippen LogP contribution in [0.4, 0.5) is 0 Å². The van der Waals surface area contributed by atoms with Crippen LogP contribution < -0.4 is 10.1 Å². The number of hydrogen-bond donors (Lipinski definition) is 1. The summed E-state index contributed by atoms with van der Waals surface area (Å²) in [6.45, 7) is 9.57. The smallest absolute Gasteiger partial charge is 0.122 e. The molecule has 19 heavy (non-hydrogen) atoms. The molecule has 0 aliphatic carbocycles. The van der Waals surface area contributed by atoms with E-state index in [9.17, 15) is 0 Å². The van der Waals surface area contributed by atoms with Crippen LogP contribution in [0.5, 0.6) is 5.75 Å². The van der Waals surface area contributed by atoms with Crippen molar-refractivity contribution in [3.63, 3.8) is 0 Å². The van der Waals surface area contributed by atoms with Crippen LogP contribution in [0.25, 0.3) is 0 Å². The summed E-state index contributed by atoms with van der Waals surface area (Å²) >= 11 is 0. The van der Waals surface area contributed by atoms with Gasteiger partial charge in [-0.05, 0) is 56.3 Å². The van der Waals surface area contributed by atoms with Gasteiger partial charge in [0.15, 0.2) is 0 Å². The van der Waals surface area contributed by atoms with Gasteiger partial charge in [0, 0.05) is 6.04 Å². The monoisotopic (exact) mass is 263 g/mol. The second-order valence-corrected chi connectivity index (χ2v) is 5.58. The van der Waals surface area contributed by atoms with E-state index in [-0.39, 0.29) is 0 Å². The SMILES string of the molecule is CCC(CCCOc1cc(C)ccc1C(C)C)NC. The van der Waals surface area contributed by atoms with E-state index in [1.165, 1.54) is 24.0 Å². The van der Waals surface area contributed by atoms with E-state index < -0.39 is 0 Å². The number of nitrogens with one attached hydrogen (secondary N) is 1. The number of benzene rings is 1. The maximum atomic E-state index is 5.99. The van der Waals surface area contributed by atoms with Gasteiger partial charge in [-0.3, -0.25) is 0 Å². The van der Waals surface area contributed by atoms with Gasteiger partial charge in [0.05, 0.1) is 6.61 Å². The molecule has 0 bridgehead atoms. The van der Waals surface area contributed by atoms with Gasteiger partial charge >= 0.3 is 0 Å². The zero-order valence-electron chi connectivity index (χ0n) is 13.1. The summed E-state index contributed by atoms with van der Waals surface area (Å²) in [4.78, 5) is 0. The third-order valence-corrected chi connectivity index (χ3v) is 3.65. The summed E-state index contributed by atoms with van der Waals surface area (Å²) in [5.74, 6) is 1.57. The van der Waals surface area contributed by atoms with E-state index in [0.29, 0.717) is 12.0 Å². The fourth-order valence-corrected chi connectivity index (χ4v) is 2.31. The van der Waals surface area contributed by atoms with Crippen molar-refractivity contribution in [2.45, 2.75) is 58.9 Å². The highest BCUT2D eigenvalue weighted by molar-refractivity contribution is 5.39. The molecule has 0 aliphatic rings. The van der Waals surface area contributed by atoms with Crippen LogP contribution in [0.2, 0.25) is 0 Å². The Morgan fingerprint density at radius 3 is 2.58 bits per heavy atom. The number of rotatable bonds is 8. The lowest BCUT2D eigenvalue weighted by molar-refractivity contribution is 0.292. The molecule has 0 radical (unpaired) electrons. The molecule has 108 valence electrons. The summed E-state index contributed by atoms with van der Waals surface area (Å²) in [7, 11) is 2.03. The average Bonchev–Trinajstić information content (AvgIpc) is 2.38.